The molecule has 1 saturated heterocycles. The Morgan fingerprint density at radius 3 is 2.61 bits per heavy atom. The van der Waals surface area contributed by atoms with Crippen LogP contribution in [0.1, 0.15) is 49.8 Å². The molecule has 0 radical (unpaired) electrons. The SMILES string of the molecule is Cc1cc2c(cc1/C=C1/SC(=O)N(CC(=O)Nc3ccccc3)C1=O)C(C)CC(C)(C)N2C. The van der Waals surface area contributed by atoms with E-state index < -0.39 is 17.1 Å². The number of para-hydroxylation sites is 1. The maximum atomic E-state index is 12.9. The number of carbonyl (C=O) groups excluding carboxylic acids is 3. The summed E-state index contributed by atoms with van der Waals surface area (Å²) >= 11 is 0.880. The molecule has 1 fully saturated rings. The monoisotopic (exact) mass is 463 g/mol. The third-order valence-electron chi connectivity index (χ3n) is 6.54. The summed E-state index contributed by atoms with van der Waals surface area (Å²) in [6.07, 6.45) is 2.81. The molecule has 33 heavy (non-hydrogen) atoms. The fourth-order valence-electron chi connectivity index (χ4n) is 4.53. The van der Waals surface area contributed by atoms with Crippen molar-refractivity contribution in [2.75, 3.05) is 23.8 Å². The van der Waals surface area contributed by atoms with Gasteiger partial charge >= 0.3 is 0 Å². The number of nitrogens with zero attached hydrogens (tertiary/aromatic N) is 2. The normalized spacial score (nSPS) is 20.9. The zero-order valence-electron chi connectivity index (χ0n) is 19.6. The highest BCUT2D eigenvalue weighted by Crippen LogP contribution is 2.44. The summed E-state index contributed by atoms with van der Waals surface area (Å²) in [6, 6.07) is 13.3. The van der Waals surface area contributed by atoms with Crippen molar-refractivity contribution < 1.29 is 14.4 Å². The van der Waals surface area contributed by atoms with Gasteiger partial charge in [0.25, 0.3) is 11.1 Å². The van der Waals surface area contributed by atoms with Crippen LogP contribution in [-0.2, 0) is 9.59 Å². The van der Waals surface area contributed by atoms with Crippen molar-refractivity contribution in [3.63, 3.8) is 0 Å². The molecule has 1 unspecified atom stereocenters. The van der Waals surface area contributed by atoms with Gasteiger partial charge in [-0.2, -0.15) is 0 Å². The topological polar surface area (TPSA) is 69.7 Å². The highest BCUT2D eigenvalue weighted by Gasteiger charge is 2.37. The second-order valence-corrected chi connectivity index (χ2v) is 10.4. The Balaban J connectivity index is 1.55. The van der Waals surface area contributed by atoms with Gasteiger partial charge in [0.1, 0.15) is 6.54 Å². The first-order valence-corrected chi connectivity index (χ1v) is 11.9. The van der Waals surface area contributed by atoms with Gasteiger partial charge in [0.05, 0.1) is 4.91 Å². The minimum atomic E-state index is -0.434. The lowest BCUT2D eigenvalue weighted by molar-refractivity contribution is -0.127. The van der Waals surface area contributed by atoms with Crippen molar-refractivity contribution in [2.45, 2.75) is 45.6 Å². The van der Waals surface area contributed by atoms with Crippen LogP contribution in [0.4, 0.5) is 16.2 Å². The van der Waals surface area contributed by atoms with E-state index in [0.717, 1.165) is 34.2 Å². The van der Waals surface area contributed by atoms with E-state index >= 15 is 0 Å². The van der Waals surface area contributed by atoms with Crippen molar-refractivity contribution in [1.82, 2.24) is 4.90 Å². The van der Waals surface area contributed by atoms with Gasteiger partial charge in [-0.25, -0.2) is 0 Å². The predicted molar refractivity (Wildman–Crippen MR) is 134 cm³/mol. The molecule has 0 aromatic heterocycles. The van der Waals surface area contributed by atoms with Gasteiger partial charge < -0.3 is 10.2 Å². The minimum absolute atomic E-state index is 0.0728. The smallest absolute Gasteiger partial charge is 0.294 e. The average molecular weight is 464 g/mol. The predicted octanol–water partition coefficient (Wildman–Crippen LogP) is 5.39. The number of thioether (sulfide) groups is 1. The van der Waals surface area contributed by atoms with E-state index in [-0.39, 0.29) is 12.1 Å². The lowest BCUT2D eigenvalue weighted by Crippen LogP contribution is -2.45. The van der Waals surface area contributed by atoms with Crippen molar-refractivity contribution in [3.8, 4) is 0 Å². The van der Waals surface area contributed by atoms with E-state index in [2.05, 4.69) is 50.2 Å². The molecule has 2 aromatic rings. The van der Waals surface area contributed by atoms with E-state index in [4.69, 9.17) is 0 Å². The number of anilines is 2. The standard InChI is InChI=1S/C26H29N3O3S/c1-16-11-21-20(17(2)14-26(3,4)28(21)5)12-18(16)13-22-24(31)29(25(32)33-22)15-23(30)27-19-9-7-6-8-10-19/h6-13,17H,14-15H2,1-5H3,(H,27,30)/b22-13+. The fraction of sp³-hybridized carbons (Fsp3) is 0.346. The Bertz CT molecular complexity index is 1160. The zero-order chi connectivity index (χ0) is 23.9. The summed E-state index contributed by atoms with van der Waals surface area (Å²) < 4.78 is 0. The van der Waals surface area contributed by atoms with E-state index in [1.54, 1.807) is 30.3 Å². The number of amides is 3. The lowest BCUT2D eigenvalue weighted by atomic mass is 9.79. The van der Waals surface area contributed by atoms with Crippen LogP contribution in [0, 0.1) is 6.92 Å². The van der Waals surface area contributed by atoms with Gasteiger partial charge in [0.15, 0.2) is 0 Å². The highest BCUT2D eigenvalue weighted by molar-refractivity contribution is 8.18. The Morgan fingerprint density at radius 2 is 1.91 bits per heavy atom. The molecular formula is C26H29N3O3S. The Hall–Kier alpha value is -3.06. The molecule has 7 heteroatoms. The van der Waals surface area contributed by atoms with E-state index in [1.165, 1.54) is 11.3 Å². The summed E-state index contributed by atoms with van der Waals surface area (Å²) in [5.41, 5.74) is 5.11. The lowest BCUT2D eigenvalue weighted by Gasteiger charge is -2.45. The largest absolute Gasteiger partial charge is 0.369 e. The molecule has 0 bridgehead atoms. The molecule has 2 aliphatic rings. The summed E-state index contributed by atoms with van der Waals surface area (Å²) in [5, 5.41) is 2.28. The van der Waals surface area contributed by atoms with Crippen molar-refractivity contribution in [1.29, 1.82) is 0 Å². The molecule has 1 N–H and O–H groups in total. The summed E-state index contributed by atoms with van der Waals surface area (Å²) in [7, 11) is 2.12. The number of carbonyl (C=O) groups is 3. The van der Waals surface area contributed by atoms with Crippen LogP contribution in [0.5, 0.6) is 0 Å². The number of rotatable bonds is 4. The minimum Gasteiger partial charge on any atom is -0.369 e. The molecule has 4 rings (SSSR count). The Labute approximate surface area is 199 Å². The maximum Gasteiger partial charge on any atom is 0.294 e. The van der Waals surface area contributed by atoms with Gasteiger partial charge in [0.2, 0.25) is 5.91 Å². The van der Waals surface area contributed by atoms with Gasteiger partial charge in [-0.05, 0) is 91.9 Å². The first-order valence-electron chi connectivity index (χ1n) is 11.1. The number of aryl methyl sites for hydroxylation is 1. The van der Waals surface area contributed by atoms with E-state index in [1.807, 2.05) is 13.0 Å². The third-order valence-corrected chi connectivity index (χ3v) is 7.45. The van der Waals surface area contributed by atoms with Crippen molar-refractivity contribution in [2.24, 2.45) is 0 Å². The second-order valence-electron chi connectivity index (χ2n) is 9.43. The van der Waals surface area contributed by atoms with Crippen LogP contribution in [-0.4, -0.2) is 41.1 Å². The van der Waals surface area contributed by atoms with Crippen LogP contribution < -0.4 is 10.2 Å². The molecule has 3 amide bonds. The molecular weight excluding hydrogens is 434 g/mol. The van der Waals surface area contributed by atoms with Gasteiger partial charge in [0, 0.05) is 24.0 Å². The van der Waals surface area contributed by atoms with Gasteiger partial charge in [-0.1, -0.05) is 25.1 Å². The van der Waals surface area contributed by atoms with Crippen LogP contribution in [0.2, 0.25) is 0 Å². The number of hydrogen-bond acceptors (Lipinski definition) is 5. The third kappa shape index (κ3) is 4.55. The fourth-order valence-corrected chi connectivity index (χ4v) is 5.36. The average Bonchev–Trinajstić information content (AvgIpc) is 3.01. The molecule has 1 atom stereocenters. The van der Waals surface area contributed by atoms with Crippen LogP contribution in [0.15, 0.2) is 47.4 Å². The first-order chi connectivity index (χ1) is 15.6. The molecule has 2 aliphatic heterocycles. The molecule has 2 aromatic carbocycles. The first kappa shape index (κ1) is 23.1. The van der Waals surface area contributed by atoms with Gasteiger partial charge in [-0.15, -0.1) is 0 Å². The quantitative estimate of drug-likeness (QED) is 0.616. The van der Waals surface area contributed by atoms with Crippen LogP contribution >= 0.6 is 11.8 Å². The molecule has 0 spiro atoms. The van der Waals surface area contributed by atoms with Crippen molar-refractivity contribution >= 4 is 46.3 Å². The van der Waals surface area contributed by atoms with E-state index in [0.29, 0.717) is 16.5 Å². The molecule has 6 nitrogen and oxygen atoms in total. The number of fused-ring (bicyclic) bond motifs is 1. The number of benzene rings is 2. The summed E-state index contributed by atoms with van der Waals surface area (Å²) in [5.74, 6) is -0.457. The maximum absolute atomic E-state index is 12.9. The Kier molecular flexibility index (Phi) is 6.10. The van der Waals surface area contributed by atoms with Crippen LogP contribution in [0.3, 0.4) is 0 Å². The van der Waals surface area contributed by atoms with E-state index in [9.17, 15) is 14.4 Å². The zero-order valence-corrected chi connectivity index (χ0v) is 20.5. The van der Waals surface area contributed by atoms with Gasteiger partial charge in [-0.3, -0.25) is 19.3 Å². The summed E-state index contributed by atoms with van der Waals surface area (Å²) in [4.78, 5) is 41.5. The Morgan fingerprint density at radius 1 is 1.21 bits per heavy atom. The van der Waals surface area contributed by atoms with Crippen LogP contribution in [0.25, 0.3) is 6.08 Å². The molecule has 0 aliphatic carbocycles. The number of imide groups is 1. The number of nitrogens with one attached hydrogen (secondary N) is 1. The van der Waals surface area contributed by atoms with Crippen molar-refractivity contribution in [3.05, 3.63) is 64.1 Å². The molecule has 0 saturated carbocycles. The molecule has 172 valence electrons. The number of hydrogen-bond donors (Lipinski definition) is 1. The second kappa shape index (κ2) is 8.71. The molecule has 2 heterocycles. The summed E-state index contributed by atoms with van der Waals surface area (Å²) in [6.45, 7) is 8.44. The highest BCUT2D eigenvalue weighted by atomic mass is 32.2.